The smallest absolute Gasteiger partial charge is 0.207 e. The number of nitrogens with zero attached hydrogens (tertiary/aromatic N) is 3. The van der Waals surface area contributed by atoms with Gasteiger partial charge in [0.05, 0.1) is 29.9 Å². The maximum Gasteiger partial charge on any atom is 0.207 e. The number of aromatic nitrogens is 3. The molecule has 0 bridgehead atoms. The van der Waals surface area contributed by atoms with Gasteiger partial charge in [-0.3, -0.25) is 0 Å². The quantitative estimate of drug-likeness (QED) is 0.878. The topological polar surface area (TPSA) is 64.1 Å². The molecule has 0 spiro atoms. The van der Waals surface area contributed by atoms with E-state index in [0.717, 1.165) is 16.6 Å². The molecule has 0 aliphatic rings. The average molecular weight is 295 g/mol. The standard InChI is InChI=1S/C14H21N3O2S/c1-9(12-15-7-11(19-12)14(2,3)4)20-13-16-6-10(8-18)17(13)5/h6-7,9,18H,8H2,1-5H3. The van der Waals surface area contributed by atoms with Gasteiger partial charge in [-0.15, -0.1) is 0 Å². The zero-order valence-electron chi connectivity index (χ0n) is 12.5. The van der Waals surface area contributed by atoms with Crippen LogP contribution in [0, 0.1) is 0 Å². The zero-order valence-corrected chi connectivity index (χ0v) is 13.4. The molecule has 110 valence electrons. The van der Waals surface area contributed by atoms with Gasteiger partial charge >= 0.3 is 0 Å². The minimum Gasteiger partial charge on any atom is -0.444 e. The number of rotatable bonds is 4. The lowest BCUT2D eigenvalue weighted by molar-refractivity contribution is 0.271. The van der Waals surface area contributed by atoms with E-state index < -0.39 is 0 Å². The molecular weight excluding hydrogens is 274 g/mol. The summed E-state index contributed by atoms with van der Waals surface area (Å²) in [6.45, 7) is 8.33. The number of hydrogen-bond donors (Lipinski definition) is 1. The molecule has 0 aromatic carbocycles. The number of imidazole rings is 1. The van der Waals surface area contributed by atoms with Crippen LogP contribution in [0.25, 0.3) is 0 Å². The van der Waals surface area contributed by atoms with E-state index in [1.54, 1.807) is 24.2 Å². The Bertz CT molecular complexity index is 583. The fraction of sp³-hybridized carbons (Fsp3) is 0.571. The lowest BCUT2D eigenvalue weighted by Crippen LogP contribution is -2.09. The summed E-state index contributed by atoms with van der Waals surface area (Å²) in [5.74, 6) is 1.59. The molecular formula is C14H21N3O2S. The van der Waals surface area contributed by atoms with Crippen LogP contribution >= 0.6 is 11.8 Å². The predicted octanol–water partition coefficient (Wildman–Crippen LogP) is 3.05. The second-order valence-electron chi connectivity index (χ2n) is 5.82. The van der Waals surface area contributed by atoms with E-state index in [1.165, 1.54) is 0 Å². The van der Waals surface area contributed by atoms with Gasteiger partial charge in [0.2, 0.25) is 5.89 Å². The maximum absolute atomic E-state index is 9.17. The second kappa shape index (κ2) is 5.61. The number of hydrogen-bond acceptors (Lipinski definition) is 5. The number of aliphatic hydroxyl groups is 1. The summed E-state index contributed by atoms with van der Waals surface area (Å²) in [4.78, 5) is 8.67. The molecule has 2 aromatic rings. The van der Waals surface area contributed by atoms with Crippen molar-refractivity contribution in [3.8, 4) is 0 Å². The molecule has 0 fully saturated rings. The highest BCUT2D eigenvalue weighted by molar-refractivity contribution is 7.99. The van der Waals surface area contributed by atoms with Gasteiger partial charge in [0.1, 0.15) is 5.76 Å². The SMILES string of the molecule is CC(Sc1ncc(CO)n1C)c1ncc(C(C)(C)C)o1. The fourth-order valence-corrected chi connectivity index (χ4v) is 2.63. The highest BCUT2D eigenvalue weighted by atomic mass is 32.2. The normalized spacial score (nSPS) is 13.7. The molecule has 0 aliphatic heterocycles. The average Bonchev–Trinajstić information content (AvgIpc) is 2.97. The predicted molar refractivity (Wildman–Crippen MR) is 78.6 cm³/mol. The number of aliphatic hydroxyl groups excluding tert-OH is 1. The van der Waals surface area contributed by atoms with Gasteiger partial charge in [-0.1, -0.05) is 32.5 Å². The van der Waals surface area contributed by atoms with Gasteiger partial charge in [-0.25, -0.2) is 9.97 Å². The highest BCUT2D eigenvalue weighted by Gasteiger charge is 2.22. The highest BCUT2D eigenvalue weighted by Crippen LogP contribution is 2.35. The van der Waals surface area contributed by atoms with E-state index in [9.17, 15) is 5.11 Å². The van der Waals surface area contributed by atoms with Crippen molar-refractivity contribution < 1.29 is 9.52 Å². The molecule has 0 aliphatic carbocycles. The van der Waals surface area contributed by atoms with Crippen LogP contribution in [0.3, 0.4) is 0 Å². The molecule has 2 aromatic heterocycles. The molecule has 1 unspecified atom stereocenters. The van der Waals surface area contributed by atoms with Crippen molar-refractivity contribution in [1.82, 2.24) is 14.5 Å². The Morgan fingerprint density at radius 2 is 2.05 bits per heavy atom. The summed E-state index contributed by atoms with van der Waals surface area (Å²) in [5, 5.41) is 10.1. The molecule has 2 rings (SSSR count). The monoisotopic (exact) mass is 295 g/mol. The molecule has 2 heterocycles. The van der Waals surface area contributed by atoms with Crippen LogP contribution in [0.15, 0.2) is 22.0 Å². The molecule has 6 heteroatoms. The fourth-order valence-electron chi connectivity index (χ4n) is 1.71. The van der Waals surface area contributed by atoms with Gasteiger partial charge in [0, 0.05) is 12.5 Å². The van der Waals surface area contributed by atoms with Crippen LogP contribution in [-0.2, 0) is 19.1 Å². The summed E-state index contributed by atoms with van der Waals surface area (Å²) in [6.07, 6.45) is 3.48. The van der Waals surface area contributed by atoms with E-state index in [4.69, 9.17) is 4.42 Å². The third-order valence-electron chi connectivity index (χ3n) is 3.10. The molecule has 0 amide bonds. The third-order valence-corrected chi connectivity index (χ3v) is 4.24. The van der Waals surface area contributed by atoms with Crippen molar-refractivity contribution in [2.75, 3.05) is 0 Å². The minimum absolute atomic E-state index is 0.00832. The second-order valence-corrected chi connectivity index (χ2v) is 7.13. The Morgan fingerprint density at radius 3 is 2.55 bits per heavy atom. The van der Waals surface area contributed by atoms with Crippen molar-refractivity contribution in [3.63, 3.8) is 0 Å². The minimum atomic E-state index is -0.0388. The van der Waals surface area contributed by atoms with Crippen LogP contribution in [0.5, 0.6) is 0 Å². The Hall–Kier alpha value is -1.27. The van der Waals surface area contributed by atoms with Gasteiger partial charge in [-0.05, 0) is 6.92 Å². The summed E-state index contributed by atoms with van der Waals surface area (Å²) >= 11 is 1.57. The van der Waals surface area contributed by atoms with Gasteiger partial charge in [-0.2, -0.15) is 0 Å². The van der Waals surface area contributed by atoms with Crippen LogP contribution in [0.1, 0.15) is 50.3 Å². The van der Waals surface area contributed by atoms with Gasteiger partial charge < -0.3 is 14.1 Å². The number of oxazole rings is 1. The van der Waals surface area contributed by atoms with Gasteiger partial charge in [0.25, 0.3) is 0 Å². The van der Waals surface area contributed by atoms with Crippen LogP contribution in [0.4, 0.5) is 0 Å². The first-order chi connectivity index (χ1) is 9.32. The van der Waals surface area contributed by atoms with Crippen LogP contribution in [0.2, 0.25) is 0 Å². The molecule has 1 N–H and O–H groups in total. The van der Waals surface area contributed by atoms with E-state index in [0.29, 0.717) is 5.89 Å². The van der Waals surface area contributed by atoms with Gasteiger partial charge in [0.15, 0.2) is 5.16 Å². The first kappa shape index (κ1) is 15.1. The van der Waals surface area contributed by atoms with Crippen molar-refractivity contribution in [2.45, 2.75) is 50.1 Å². The van der Waals surface area contributed by atoms with E-state index in [-0.39, 0.29) is 17.3 Å². The Labute approximate surface area is 123 Å². The molecule has 5 nitrogen and oxygen atoms in total. The summed E-state index contributed by atoms with van der Waals surface area (Å²) in [6, 6.07) is 0. The Balaban J connectivity index is 2.13. The first-order valence-electron chi connectivity index (χ1n) is 6.57. The lowest BCUT2D eigenvalue weighted by Gasteiger charge is -2.14. The third kappa shape index (κ3) is 3.07. The zero-order chi connectivity index (χ0) is 14.9. The van der Waals surface area contributed by atoms with Crippen molar-refractivity contribution >= 4 is 11.8 Å². The van der Waals surface area contributed by atoms with Crippen molar-refractivity contribution in [1.29, 1.82) is 0 Å². The Morgan fingerprint density at radius 1 is 1.35 bits per heavy atom. The van der Waals surface area contributed by atoms with Crippen LogP contribution < -0.4 is 0 Å². The largest absolute Gasteiger partial charge is 0.444 e. The van der Waals surface area contributed by atoms with Crippen molar-refractivity contribution in [2.24, 2.45) is 7.05 Å². The van der Waals surface area contributed by atoms with E-state index >= 15 is 0 Å². The van der Waals surface area contributed by atoms with Crippen LogP contribution in [-0.4, -0.2) is 19.6 Å². The molecule has 0 radical (unpaired) electrons. The molecule has 0 saturated heterocycles. The Kier molecular flexibility index (Phi) is 4.25. The molecule has 0 saturated carbocycles. The van der Waals surface area contributed by atoms with Crippen molar-refractivity contribution in [3.05, 3.63) is 29.7 Å². The first-order valence-corrected chi connectivity index (χ1v) is 7.45. The summed E-state index contributed by atoms with van der Waals surface area (Å²) in [7, 11) is 1.89. The maximum atomic E-state index is 9.17. The van der Waals surface area contributed by atoms with E-state index in [2.05, 4.69) is 30.7 Å². The molecule has 20 heavy (non-hydrogen) atoms. The lowest BCUT2D eigenvalue weighted by atomic mass is 9.94. The number of thioether (sulfide) groups is 1. The van der Waals surface area contributed by atoms with E-state index in [1.807, 2.05) is 18.5 Å². The summed E-state index contributed by atoms with van der Waals surface area (Å²) < 4.78 is 7.72. The molecule has 1 atom stereocenters. The summed E-state index contributed by atoms with van der Waals surface area (Å²) in [5.41, 5.74) is 0.755.